The molecule has 7 heteroatoms. The first-order valence-corrected chi connectivity index (χ1v) is 8.33. The Morgan fingerprint density at radius 2 is 1.23 bits per heavy atom. The number of alkyl halides is 2. The lowest BCUT2D eigenvalue weighted by Crippen LogP contribution is -2.25. The maximum atomic E-state index is 15.8. The summed E-state index contributed by atoms with van der Waals surface area (Å²) in [6, 6.07) is 13.8. The van der Waals surface area contributed by atoms with Gasteiger partial charge in [-0.05, 0) is 34.1 Å². The minimum absolute atomic E-state index is 0.312. The van der Waals surface area contributed by atoms with E-state index < -0.39 is 33.5 Å². The zero-order chi connectivity index (χ0) is 18.6. The molecular formula is C19H9BrF5N. The second-order valence-electron chi connectivity index (χ2n) is 5.76. The second kappa shape index (κ2) is 5.81. The van der Waals surface area contributed by atoms with Gasteiger partial charge in [-0.15, -0.1) is 0 Å². The van der Waals surface area contributed by atoms with Gasteiger partial charge >= 0.3 is 0 Å². The molecule has 0 radical (unpaired) electrons. The molecule has 4 rings (SSSR count). The van der Waals surface area contributed by atoms with Gasteiger partial charge in [0.05, 0.1) is 16.6 Å². The number of nitrogens with zero attached hydrogens (tertiary/aromatic N) is 1. The van der Waals surface area contributed by atoms with Gasteiger partial charge in [-0.2, -0.15) is 0 Å². The molecule has 0 saturated heterocycles. The topological polar surface area (TPSA) is 4.93 Å². The lowest BCUT2D eigenvalue weighted by atomic mass is 10.1. The predicted octanol–water partition coefficient (Wildman–Crippen LogP) is 6.37. The summed E-state index contributed by atoms with van der Waals surface area (Å²) < 4.78 is 68.9. The van der Waals surface area contributed by atoms with Crippen LogP contribution in [0.1, 0.15) is 5.56 Å². The lowest BCUT2D eigenvalue weighted by molar-refractivity contribution is 0.255. The monoisotopic (exact) mass is 425 g/mol. The van der Waals surface area contributed by atoms with E-state index in [9.17, 15) is 17.6 Å². The van der Waals surface area contributed by atoms with Gasteiger partial charge in [0.1, 0.15) is 0 Å². The predicted molar refractivity (Wildman–Crippen MR) is 92.8 cm³/mol. The molecule has 4 aromatic rings. The molecule has 0 aliphatic carbocycles. The summed E-state index contributed by atoms with van der Waals surface area (Å²) in [5, 5.41) is 1.35. The Balaban J connectivity index is 2.12. The van der Waals surface area contributed by atoms with Crippen LogP contribution in [0.4, 0.5) is 22.0 Å². The van der Waals surface area contributed by atoms with E-state index in [1.165, 1.54) is 0 Å². The number of rotatable bonds is 2. The van der Waals surface area contributed by atoms with Crippen LogP contribution in [0, 0.1) is 23.3 Å². The van der Waals surface area contributed by atoms with E-state index in [1.807, 2.05) is 0 Å². The molecule has 0 amide bonds. The van der Waals surface area contributed by atoms with Gasteiger partial charge in [0.25, 0.3) is 4.70 Å². The average Bonchev–Trinajstić information content (AvgIpc) is 2.98. The van der Waals surface area contributed by atoms with E-state index >= 15 is 4.39 Å². The maximum absolute atomic E-state index is 15.8. The number of hydrogen-bond acceptors (Lipinski definition) is 0. The van der Waals surface area contributed by atoms with Crippen molar-refractivity contribution in [3.8, 4) is 0 Å². The fraction of sp³-hybridized carbons (Fsp3) is 0.0526. The van der Waals surface area contributed by atoms with Crippen molar-refractivity contribution in [2.75, 3.05) is 0 Å². The first-order valence-electron chi connectivity index (χ1n) is 7.54. The lowest BCUT2D eigenvalue weighted by Gasteiger charge is -2.24. The molecule has 0 fully saturated rings. The minimum Gasteiger partial charge on any atom is -0.295 e. The Morgan fingerprint density at radius 1 is 0.731 bits per heavy atom. The van der Waals surface area contributed by atoms with Crippen LogP contribution in [0.15, 0.2) is 54.6 Å². The number of aromatic nitrogens is 1. The van der Waals surface area contributed by atoms with Crippen LogP contribution in [0.3, 0.4) is 0 Å². The fourth-order valence-corrected chi connectivity index (χ4v) is 3.81. The zero-order valence-electron chi connectivity index (χ0n) is 12.9. The third-order valence-corrected chi connectivity index (χ3v) is 5.07. The molecule has 0 bridgehead atoms. The van der Waals surface area contributed by atoms with Crippen molar-refractivity contribution in [2.24, 2.45) is 0 Å². The van der Waals surface area contributed by atoms with Gasteiger partial charge in [0.15, 0.2) is 23.3 Å². The molecule has 0 aliphatic heterocycles. The van der Waals surface area contributed by atoms with Crippen LogP contribution in [0.5, 0.6) is 0 Å². The summed E-state index contributed by atoms with van der Waals surface area (Å²) >= 11 is 2.76. The number of halogens is 6. The zero-order valence-corrected chi connectivity index (χ0v) is 14.5. The average molecular weight is 426 g/mol. The smallest absolute Gasteiger partial charge is 0.271 e. The van der Waals surface area contributed by atoms with Crippen LogP contribution in [0.2, 0.25) is 0 Å². The highest BCUT2D eigenvalue weighted by Gasteiger charge is 2.39. The summed E-state index contributed by atoms with van der Waals surface area (Å²) in [4.78, 5) is 0. The molecule has 1 aromatic heterocycles. The molecule has 0 spiro atoms. The molecule has 132 valence electrons. The number of hydrogen-bond donors (Lipinski definition) is 0. The standard InChI is InChI=1S/C19H9BrF5N/c20-19(25,12-9-13(21)17(23)18(24)16(12)22)26-14-7-3-1-5-10(14)11-6-2-4-8-15(11)26/h1-9H. The van der Waals surface area contributed by atoms with Crippen LogP contribution in [-0.4, -0.2) is 4.57 Å². The molecule has 3 aromatic carbocycles. The van der Waals surface area contributed by atoms with Crippen molar-refractivity contribution in [1.82, 2.24) is 4.57 Å². The van der Waals surface area contributed by atoms with Crippen molar-refractivity contribution < 1.29 is 22.0 Å². The molecule has 1 unspecified atom stereocenters. The Hall–Kier alpha value is -2.41. The quantitative estimate of drug-likeness (QED) is 0.152. The summed E-state index contributed by atoms with van der Waals surface area (Å²) in [5.74, 6) is -7.54. The Bertz CT molecular complexity index is 1110. The van der Waals surface area contributed by atoms with Crippen molar-refractivity contribution in [3.05, 3.63) is 83.4 Å². The first kappa shape index (κ1) is 17.0. The minimum atomic E-state index is -2.85. The first-order chi connectivity index (χ1) is 12.3. The number of para-hydroxylation sites is 2. The van der Waals surface area contributed by atoms with Gasteiger partial charge in [0, 0.05) is 10.8 Å². The third kappa shape index (κ3) is 2.26. The second-order valence-corrected chi connectivity index (χ2v) is 6.81. The fourth-order valence-electron chi connectivity index (χ4n) is 3.14. The van der Waals surface area contributed by atoms with Crippen LogP contribution in [-0.2, 0) is 4.70 Å². The van der Waals surface area contributed by atoms with E-state index in [0.29, 0.717) is 27.9 Å². The maximum Gasteiger partial charge on any atom is 0.271 e. The number of benzene rings is 3. The van der Waals surface area contributed by atoms with Crippen molar-refractivity contribution in [3.63, 3.8) is 0 Å². The molecular weight excluding hydrogens is 417 g/mol. The highest BCUT2D eigenvalue weighted by molar-refractivity contribution is 9.09. The van der Waals surface area contributed by atoms with E-state index in [0.717, 1.165) is 4.57 Å². The van der Waals surface area contributed by atoms with E-state index in [1.54, 1.807) is 48.5 Å². The molecule has 1 nitrogen and oxygen atoms in total. The molecule has 1 heterocycles. The SMILES string of the molecule is Fc1cc(C(F)(Br)n2c3ccccc3c3ccccc32)c(F)c(F)c1F. The van der Waals surface area contributed by atoms with Crippen molar-refractivity contribution >= 4 is 37.7 Å². The third-order valence-electron chi connectivity index (χ3n) is 4.29. The van der Waals surface area contributed by atoms with Gasteiger partial charge < -0.3 is 0 Å². The van der Waals surface area contributed by atoms with Crippen LogP contribution >= 0.6 is 15.9 Å². The molecule has 26 heavy (non-hydrogen) atoms. The van der Waals surface area contributed by atoms with Crippen molar-refractivity contribution in [2.45, 2.75) is 4.70 Å². The van der Waals surface area contributed by atoms with E-state index in [-0.39, 0.29) is 0 Å². The van der Waals surface area contributed by atoms with Crippen molar-refractivity contribution in [1.29, 1.82) is 0 Å². The summed E-state index contributed by atoms with van der Waals surface area (Å²) in [5.41, 5.74) is -0.254. The largest absolute Gasteiger partial charge is 0.295 e. The Kier molecular flexibility index (Phi) is 3.80. The Morgan fingerprint density at radius 3 is 1.77 bits per heavy atom. The van der Waals surface area contributed by atoms with Crippen LogP contribution < -0.4 is 0 Å². The van der Waals surface area contributed by atoms with Gasteiger partial charge in [0.2, 0.25) is 0 Å². The Labute approximate surface area is 152 Å². The summed E-state index contributed by atoms with van der Waals surface area (Å²) in [7, 11) is 0. The molecule has 0 saturated carbocycles. The molecule has 1 atom stereocenters. The molecule has 0 N–H and O–H groups in total. The van der Waals surface area contributed by atoms with Gasteiger partial charge in [-0.3, -0.25) is 4.57 Å². The highest BCUT2D eigenvalue weighted by Crippen LogP contribution is 2.44. The van der Waals surface area contributed by atoms with Gasteiger partial charge in [-0.25, -0.2) is 22.0 Å². The van der Waals surface area contributed by atoms with Crippen LogP contribution in [0.25, 0.3) is 21.8 Å². The number of fused-ring (bicyclic) bond motifs is 3. The normalized spacial score (nSPS) is 14.1. The van der Waals surface area contributed by atoms with E-state index in [2.05, 4.69) is 15.9 Å². The summed E-state index contributed by atoms with van der Waals surface area (Å²) in [6.07, 6.45) is 0. The molecule has 0 aliphatic rings. The highest BCUT2D eigenvalue weighted by atomic mass is 79.9. The van der Waals surface area contributed by atoms with Gasteiger partial charge in [-0.1, -0.05) is 36.4 Å². The van der Waals surface area contributed by atoms with E-state index in [4.69, 9.17) is 0 Å². The summed E-state index contributed by atoms with van der Waals surface area (Å²) in [6.45, 7) is 0.